The predicted molar refractivity (Wildman–Crippen MR) is 86.2 cm³/mol. The van der Waals surface area contributed by atoms with Gasteiger partial charge >= 0.3 is 0 Å². The van der Waals surface area contributed by atoms with Crippen LogP contribution in [0.5, 0.6) is 0 Å². The Morgan fingerprint density at radius 1 is 0.950 bits per heavy atom. The van der Waals surface area contributed by atoms with Crippen molar-refractivity contribution in [1.29, 1.82) is 0 Å². The molecule has 3 heteroatoms. The van der Waals surface area contributed by atoms with Crippen LogP contribution in [0.2, 0.25) is 0 Å². The Morgan fingerprint density at radius 2 is 1.55 bits per heavy atom. The molecule has 0 aromatic carbocycles. The van der Waals surface area contributed by atoms with Gasteiger partial charge < -0.3 is 4.42 Å². The third-order valence-electron chi connectivity index (χ3n) is 4.95. The Kier molecular flexibility index (Phi) is 5.56. The summed E-state index contributed by atoms with van der Waals surface area (Å²) >= 11 is 0. The molecule has 112 valence electrons. The van der Waals surface area contributed by atoms with Crippen LogP contribution < -0.4 is 5.09 Å². The lowest BCUT2D eigenvalue weighted by atomic mass is 10.00. The van der Waals surface area contributed by atoms with Crippen molar-refractivity contribution < 1.29 is 4.42 Å². The van der Waals surface area contributed by atoms with E-state index in [-0.39, 0.29) is 8.07 Å². The SMILES string of the molecule is c1coc(CNP(C2CCCCC2)C2CCCCC2)c1. The summed E-state index contributed by atoms with van der Waals surface area (Å²) < 4.78 is 5.51. The zero-order valence-corrected chi connectivity index (χ0v) is 13.4. The van der Waals surface area contributed by atoms with Crippen molar-refractivity contribution in [2.24, 2.45) is 0 Å². The summed E-state index contributed by atoms with van der Waals surface area (Å²) in [6, 6.07) is 4.10. The van der Waals surface area contributed by atoms with Crippen molar-refractivity contribution in [3.63, 3.8) is 0 Å². The smallest absolute Gasteiger partial charge is 0.117 e. The van der Waals surface area contributed by atoms with Crippen LogP contribution in [-0.2, 0) is 6.54 Å². The Bertz CT molecular complexity index is 348. The van der Waals surface area contributed by atoms with Gasteiger partial charge in [-0.3, -0.25) is 5.09 Å². The Labute approximate surface area is 124 Å². The van der Waals surface area contributed by atoms with Crippen LogP contribution in [0.15, 0.2) is 22.8 Å². The molecule has 2 aliphatic carbocycles. The highest BCUT2D eigenvalue weighted by Gasteiger charge is 2.30. The molecule has 1 aromatic rings. The molecule has 0 bridgehead atoms. The number of rotatable bonds is 5. The van der Waals surface area contributed by atoms with Crippen molar-refractivity contribution in [2.45, 2.75) is 82.1 Å². The zero-order chi connectivity index (χ0) is 13.6. The number of furan rings is 1. The molecule has 1 N–H and O–H groups in total. The minimum atomic E-state index is -0.0118. The van der Waals surface area contributed by atoms with Crippen LogP contribution in [0.4, 0.5) is 0 Å². The summed E-state index contributed by atoms with van der Waals surface area (Å²) in [4.78, 5) is 0. The van der Waals surface area contributed by atoms with Crippen molar-refractivity contribution in [2.75, 3.05) is 0 Å². The van der Waals surface area contributed by atoms with Gasteiger partial charge in [0, 0.05) is 0 Å². The van der Waals surface area contributed by atoms with Crippen LogP contribution in [0, 0.1) is 0 Å². The lowest BCUT2D eigenvalue weighted by molar-refractivity contribution is 0.474. The van der Waals surface area contributed by atoms with Gasteiger partial charge in [0.05, 0.1) is 12.8 Å². The molecule has 0 aliphatic heterocycles. The first-order valence-corrected chi connectivity index (χ1v) is 9.96. The zero-order valence-electron chi connectivity index (χ0n) is 12.5. The van der Waals surface area contributed by atoms with Gasteiger partial charge in [-0.25, -0.2) is 0 Å². The summed E-state index contributed by atoms with van der Waals surface area (Å²) in [6.07, 6.45) is 16.4. The van der Waals surface area contributed by atoms with Crippen molar-refractivity contribution in [1.82, 2.24) is 5.09 Å². The van der Waals surface area contributed by atoms with Gasteiger partial charge in [-0.05, 0) is 57.2 Å². The van der Waals surface area contributed by atoms with Gasteiger partial charge in [0.15, 0.2) is 0 Å². The van der Waals surface area contributed by atoms with Crippen LogP contribution >= 0.6 is 8.07 Å². The quantitative estimate of drug-likeness (QED) is 0.732. The Balaban J connectivity index is 1.61. The van der Waals surface area contributed by atoms with Crippen molar-refractivity contribution in [3.8, 4) is 0 Å². The molecule has 0 spiro atoms. The van der Waals surface area contributed by atoms with Gasteiger partial charge in [-0.2, -0.15) is 0 Å². The molecule has 0 atom stereocenters. The largest absolute Gasteiger partial charge is 0.468 e. The molecule has 0 saturated heterocycles. The van der Waals surface area contributed by atoms with Gasteiger partial charge in [0.25, 0.3) is 0 Å². The van der Waals surface area contributed by atoms with Gasteiger partial charge in [-0.15, -0.1) is 0 Å². The molecular weight excluding hydrogens is 265 g/mol. The minimum absolute atomic E-state index is 0.0118. The number of hydrogen-bond acceptors (Lipinski definition) is 2. The van der Waals surface area contributed by atoms with Gasteiger partial charge in [0.1, 0.15) is 5.76 Å². The van der Waals surface area contributed by atoms with E-state index >= 15 is 0 Å². The van der Waals surface area contributed by atoms with E-state index in [1.165, 1.54) is 64.2 Å². The molecule has 0 radical (unpaired) electrons. The minimum Gasteiger partial charge on any atom is -0.468 e. The third kappa shape index (κ3) is 3.86. The fraction of sp³-hybridized carbons (Fsp3) is 0.765. The maximum atomic E-state index is 5.51. The molecule has 0 amide bonds. The predicted octanol–water partition coefficient (Wildman–Crippen LogP) is 5.43. The second-order valence-electron chi connectivity index (χ2n) is 6.41. The topological polar surface area (TPSA) is 25.2 Å². The van der Waals surface area contributed by atoms with E-state index in [0.29, 0.717) is 0 Å². The first-order chi connectivity index (χ1) is 9.93. The second-order valence-corrected chi connectivity index (χ2v) is 9.00. The Hall–Kier alpha value is -0.330. The standard InChI is InChI=1S/C17H28NOP/c1-3-9-16(10-4-1)20(17-11-5-2-6-12-17)18-14-15-8-7-13-19-15/h7-8,13,16-18H,1-6,9-12,14H2. The maximum Gasteiger partial charge on any atom is 0.117 e. The average Bonchev–Trinajstić information content (AvgIpc) is 3.03. The summed E-state index contributed by atoms with van der Waals surface area (Å²) in [6.45, 7) is 0.936. The first-order valence-electron chi connectivity index (χ1n) is 8.48. The van der Waals surface area contributed by atoms with E-state index in [1.807, 2.05) is 6.07 Å². The molecule has 2 saturated carbocycles. The monoisotopic (exact) mass is 293 g/mol. The number of nitrogens with one attached hydrogen (secondary N) is 1. The lowest BCUT2D eigenvalue weighted by Crippen LogP contribution is -2.27. The average molecular weight is 293 g/mol. The van der Waals surface area contributed by atoms with Crippen LogP contribution in [-0.4, -0.2) is 11.3 Å². The molecule has 2 nitrogen and oxygen atoms in total. The fourth-order valence-electron chi connectivity index (χ4n) is 3.86. The summed E-state index contributed by atoms with van der Waals surface area (Å²) in [5, 5.41) is 3.93. The summed E-state index contributed by atoms with van der Waals surface area (Å²) in [5.41, 5.74) is 1.94. The van der Waals surface area contributed by atoms with E-state index in [9.17, 15) is 0 Å². The molecule has 1 heterocycles. The Morgan fingerprint density at radius 3 is 2.05 bits per heavy atom. The highest BCUT2D eigenvalue weighted by atomic mass is 31.1. The van der Waals surface area contributed by atoms with Crippen LogP contribution in [0.1, 0.15) is 70.0 Å². The molecule has 3 rings (SSSR count). The van der Waals surface area contributed by atoms with Crippen molar-refractivity contribution in [3.05, 3.63) is 24.2 Å². The fourth-order valence-corrected chi connectivity index (χ4v) is 7.15. The van der Waals surface area contributed by atoms with E-state index in [0.717, 1.165) is 23.6 Å². The highest BCUT2D eigenvalue weighted by Crippen LogP contribution is 2.52. The molecule has 20 heavy (non-hydrogen) atoms. The summed E-state index contributed by atoms with van der Waals surface area (Å²) in [7, 11) is -0.0118. The van der Waals surface area contributed by atoms with Crippen LogP contribution in [0.3, 0.4) is 0 Å². The number of hydrogen-bond donors (Lipinski definition) is 1. The van der Waals surface area contributed by atoms with E-state index in [2.05, 4.69) is 11.2 Å². The first kappa shape index (κ1) is 14.6. The third-order valence-corrected chi connectivity index (χ3v) is 8.08. The lowest BCUT2D eigenvalue weighted by Gasteiger charge is -2.38. The molecule has 2 aliphatic rings. The van der Waals surface area contributed by atoms with Gasteiger partial charge in [-0.1, -0.05) is 38.5 Å². The highest BCUT2D eigenvalue weighted by molar-refractivity contribution is 7.57. The van der Waals surface area contributed by atoms with E-state index in [4.69, 9.17) is 4.42 Å². The molecule has 1 aromatic heterocycles. The normalized spacial score (nSPS) is 22.4. The summed E-state index contributed by atoms with van der Waals surface area (Å²) in [5.74, 6) is 1.10. The van der Waals surface area contributed by atoms with E-state index < -0.39 is 0 Å². The second kappa shape index (κ2) is 7.61. The molecule has 2 fully saturated rings. The van der Waals surface area contributed by atoms with Gasteiger partial charge in [0.2, 0.25) is 0 Å². The molecule has 0 unspecified atom stereocenters. The van der Waals surface area contributed by atoms with Crippen molar-refractivity contribution >= 4 is 8.07 Å². The maximum absolute atomic E-state index is 5.51. The van der Waals surface area contributed by atoms with E-state index in [1.54, 1.807) is 6.26 Å². The molecular formula is C17H28NOP. The van der Waals surface area contributed by atoms with Crippen LogP contribution in [0.25, 0.3) is 0 Å².